The maximum atomic E-state index is 10.7. The first-order valence-electron chi connectivity index (χ1n) is 6.24. The number of nitrogens with zero attached hydrogens (tertiary/aromatic N) is 2. The van der Waals surface area contributed by atoms with E-state index in [9.17, 15) is 10.1 Å². The van der Waals surface area contributed by atoms with Gasteiger partial charge < -0.3 is 15.1 Å². The van der Waals surface area contributed by atoms with Crippen LogP contribution >= 0.6 is 0 Å². The normalized spacial score (nSPS) is 18.8. The lowest BCUT2D eigenvalue weighted by molar-refractivity contribution is -0.384. The molecule has 1 atom stereocenters. The maximum Gasteiger partial charge on any atom is 0.295 e. The summed E-state index contributed by atoms with van der Waals surface area (Å²) in [6, 6.07) is 5.25. The number of non-ortho nitro benzene ring substituents is 1. The average Bonchev–Trinajstić information content (AvgIpc) is 3.04. The first-order valence-corrected chi connectivity index (χ1v) is 6.24. The number of nitro benzene ring substituents is 1. The molecule has 1 aliphatic heterocycles. The van der Waals surface area contributed by atoms with E-state index in [0.717, 1.165) is 19.5 Å². The Morgan fingerprint density at radius 3 is 3.21 bits per heavy atom. The molecule has 1 aromatic carbocycles. The van der Waals surface area contributed by atoms with Gasteiger partial charge in [-0.25, -0.2) is 0 Å². The van der Waals surface area contributed by atoms with E-state index in [1.54, 1.807) is 6.07 Å². The number of oxazole rings is 1. The third-order valence-electron chi connectivity index (χ3n) is 3.24. The third-order valence-corrected chi connectivity index (χ3v) is 3.24. The Kier molecular flexibility index (Phi) is 3.04. The Hall–Kier alpha value is -2.15. The second kappa shape index (κ2) is 4.85. The summed E-state index contributed by atoms with van der Waals surface area (Å²) in [5.41, 5.74) is 1.05. The van der Waals surface area contributed by atoms with Crippen LogP contribution in [0.3, 0.4) is 0 Å². The summed E-state index contributed by atoms with van der Waals surface area (Å²) in [6.45, 7) is 1.79. The minimum absolute atomic E-state index is 0.00709. The molecule has 1 saturated heterocycles. The molecule has 1 aromatic heterocycles. The van der Waals surface area contributed by atoms with Gasteiger partial charge in [0.25, 0.3) is 11.7 Å². The molecule has 7 nitrogen and oxygen atoms in total. The highest BCUT2D eigenvalue weighted by Crippen LogP contribution is 2.23. The number of rotatable bonds is 4. The number of anilines is 1. The maximum absolute atomic E-state index is 10.7. The summed E-state index contributed by atoms with van der Waals surface area (Å²) in [5, 5.41) is 17.1. The Bertz CT molecular complexity index is 604. The first kappa shape index (κ1) is 11.9. The number of benzene rings is 1. The number of hydrogen-bond acceptors (Lipinski definition) is 6. The van der Waals surface area contributed by atoms with Crippen molar-refractivity contribution in [3.63, 3.8) is 0 Å². The Labute approximate surface area is 109 Å². The van der Waals surface area contributed by atoms with E-state index in [4.69, 9.17) is 4.42 Å². The van der Waals surface area contributed by atoms with Gasteiger partial charge in [-0.1, -0.05) is 0 Å². The average molecular weight is 262 g/mol. The predicted molar refractivity (Wildman–Crippen MR) is 70.2 cm³/mol. The fourth-order valence-corrected chi connectivity index (χ4v) is 2.24. The lowest BCUT2D eigenvalue weighted by Crippen LogP contribution is -2.29. The molecule has 1 aliphatic rings. The van der Waals surface area contributed by atoms with E-state index >= 15 is 0 Å². The quantitative estimate of drug-likeness (QED) is 0.645. The molecule has 2 heterocycles. The van der Waals surface area contributed by atoms with Gasteiger partial charge in [0.2, 0.25) is 0 Å². The molecule has 2 N–H and O–H groups in total. The minimum Gasteiger partial charge on any atom is -0.423 e. The van der Waals surface area contributed by atoms with Crippen molar-refractivity contribution in [3.8, 4) is 0 Å². The molecule has 19 heavy (non-hydrogen) atoms. The summed E-state index contributed by atoms with van der Waals surface area (Å²) in [5.74, 6) is 0. The smallest absolute Gasteiger partial charge is 0.295 e. The van der Waals surface area contributed by atoms with Gasteiger partial charge >= 0.3 is 0 Å². The fraction of sp³-hybridized carbons (Fsp3) is 0.417. The zero-order chi connectivity index (χ0) is 13.2. The van der Waals surface area contributed by atoms with Gasteiger partial charge in [-0.05, 0) is 25.5 Å². The van der Waals surface area contributed by atoms with E-state index in [2.05, 4.69) is 15.6 Å². The SMILES string of the molecule is O=[N+]([O-])c1ccc2nc(NCC3CCCN3)oc2c1. The predicted octanol–water partition coefficient (Wildman–Crippen LogP) is 1.90. The number of aromatic nitrogens is 1. The molecule has 1 fully saturated rings. The van der Waals surface area contributed by atoms with Gasteiger partial charge in [0.15, 0.2) is 5.58 Å². The summed E-state index contributed by atoms with van der Waals surface area (Å²) >= 11 is 0. The summed E-state index contributed by atoms with van der Waals surface area (Å²) in [7, 11) is 0. The van der Waals surface area contributed by atoms with Crippen molar-refractivity contribution in [1.29, 1.82) is 0 Å². The first-order chi connectivity index (χ1) is 9.22. The van der Waals surface area contributed by atoms with Crippen LogP contribution in [-0.4, -0.2) is 29.0 Å². The second-order valence-electron chi connectivity index (χ2n) is 4.60. The molecule has 7 heteroatoms. The lowest BCUT2D eigenvalue weighted by Gasteiger charge is -2.09. The number of hydrogen-bond donors (Lipinski definition) is 2. The topological polar surface area (TPSA) is 93.2 Å². The minimum atomic E-state index is -0.447. The number of nitrogens with one attached hydrogen (secondary N) is 2. The van der Waals surface area contributed by atoms with Crippen LogP contribution in [0.15, 0.2) is 22.6 Å². The Balaban J connectivity index is 1.75. The molecule has 1 unspecified atom stereocenters. The fourth-order valence-electron chi connectivity index (χ4n) is 2.24. The standard InChI is InChI=1S/C12H14N4O3/c17-16(18)9-3-4-10-11(6-9)19-12(15-10)14-7-8-2-1-5-13-8/h3-4,6,8,13H,1-2,5,7H2,(H,14,15). The molecular formula is C12H14N4O3. The molecule has 0 spiro atoms. The molecule has 2 aromatic rings. The van der Waals surface area contributed by atoms with E-state index in [0.29, 0.717) is 23.2 Å². The third kappa shape index (κ3) is 2.50. The zero-order valence-electron chi connectivity index (χ0n) is 10.3. The molecule has 0 aliphatic carbocycles. The highest BCUT2D eigenvalue weighted by Gasteiger charge is 2.15. The largest absolute Gasteiger partial charge is 0.423 e. The van der Waals surface area contributed by atoms with Gasteiger partial charge in [-0.3, -0.25) is 10.1 Å². The number of fused-ring (bicyclic) bond motifs is 1. The summed E-state index contributed by atoms with van der Waals surface area (Å²) in [4.78, 5) is 14.5. The second-order valence-corrected chi connectivity index (χ2v) is 4.60. The Morgan fingerprint density at radius 2 is 2.47 bits per heavy atom. The van der Waals surface area contributed by atoms with Crippen LogP contribution in [-0.2, 0) is 0 Å². The highest BCUT2D eigenvalue weighted by atomic mass is 16.6. The van der Waals surface area contributed by atoms with Crippen molar-refractivity contribution in [2.24, 2.45) is 0 Å². The molecule has 0 bridgehead atoms. The highest BCUT2D eigenvalue weighted by molar-refractivity contribution is 5.77. The monoisotopic (exact) mass is 262 g/mol. The van der Waals surface area contributed by atoms with Crippen molar-refractivity contribution < 1.29 is 9.34 Å². The molecule has 0 radical (unpaired) electrons. The van der Waals surface area contributed by atoms with Crippen LogP contribution < -0.4 is 10.6 Å². The van der Waals surface area contributed by atoms with E-state index in [1.165, 1.54) is 18.6 Å². The van der Waals surface area contributed by atoms with Gasteiger partial charge in [0.05, 0.1) is 11.0 Å². The van der Waals surface area contributed by atoms with Gasteiger partial charge in [-0.2, -0.15) is 4.98 Å². The number of nitro groups is 1. The zero-order valence-corrected chi connectivity index (χ0v) is 10.3. The van der Waals surface area contributed by atoms with Crippen molar-refractivity contribution in [2.45, 2.75) is 18.9 Å². The van der Waals surface area contributed by atoms with Crippen LogP contribution in [0.25, 0.3) is 11.1 Å². The molecule has 0 amide bonds. The van der Waals surface area contributed by atoms with E-state index in [-0.39, 0.29) is 5.69 Å². The lowest BCUT2D eigenvalue weighted by atomic mass is 10.2. The van der Waals surface area contributed by atoms with Crippen molar-refractivity contribution in [1.82, 2.24) is 10.3 Å². The van der Waals surface area contributed by atoms with E-state index in [1.807, 2.05) is 0 Å². The summed E-state index contributed by atoms with van der Waals surface area (Å²) < 4.78 is 5.46. The summed E-state index contributed by atoms with van der Waals surface area (Å²) in [6.07, 6.45) is 2.32. The van der Waals surface area contributed by atoms with Crippen LogP contribution in [0.1, 0.15) is 12.8 Å². The van der Waals surface area contributed by atoms with Crippen LogP contribution in [0.5, 0.6) is 0 Å². The van der Waals surface area contributed by atoms with Crippen LogP contribution in [0.4, 0.5) is 11.7 Å². The molecule has 0 saturated carbocycles. The Morgan fingerprint density at radius 1 is 1.58 bits per heavy atom. The molecule has 100 valence electrons. The molecule has 3 rings (SSSR count). The van der Waals surface area contributed by atoms with Crippen molar-refractivity contribution >= 4 is 22.8 Å². The van der Waals surface area contributed by atoms with Gasteiger partial charge in [-0.15, -0.1) is 0 Å². The molecular weight excluding hydrogens is 248 g/mol. The van der Waals surface area contributed by atoms with Crippen LogP contribution in [0.2, 0.25) is 0 Å². The van der Waals surface area contributed by atoms with Crippen LogP contribution in [0, 0.1) is 10.1 Å². The van der Waals surface area contributed by atoms with Crippen molar-refractivity contribution in [2.75, 3.05) is 18.4 Å². The van der Waals surface area contributed by atoms with Gasteiger partial charge in [0, 0.05) is 18.7 Å². The van der Waals surface area contributed by atoms with E-state index < -0.39 is 4.92 Å². The van der Waals surface area contributed by atoms with Gasteiger partial charge in [0.1, 0.15) is 5.52 Å². The van der Waals surface area contributed by atoms with Crippen molar-refractivity contribution in [3.05, 3.63) is 28.3 Å².